The largest absolute Gasteiger partial charge is 0.147 e. The van der Waals surface area contributed by atoms with E-state index in [0.717, 1.165) is 0 Å². The molecule has 0 aromatic rings. The van der Waals surface area contributed by atoms with Crippen LogP contribution in [-0.4, -0.2) is 0 Å². The van der Waals surface area contributed by atoms with E-state index in [2.05, 4.69) is 0 Å². The first-order chi connectivity index (χ1) is 0. The van der Waals surface area contributed by atoms with Gasteiger partial charge in [-0.1, -0.05) is 0 Å². The Morgan fingerprint density at radius 1 is 0.400 bits per heavy atom. The molecule has 0 nitrogen and oxygen atoms in total. The molecule has 0 aromatic heterocycles. The van der Waals surface area contributed by atoms with Gasteiger partial charge in [0.1, 0.15) is 0 Å². The van der Waals surface area contributed by atoms with Crippen LogP contribution in [0.1, 0.15) is 0 Å². The SMILES string of the molecule is Cl.Cl.Cl.[Fe].[Fe]. The first kappa shape index (κ1) is 66.2. The minimum atomic E-state index is 0. The first-order valence-electron chi connectivity index (χ1n) is 0. The second-order valence-electron chi connectivity index (χ2n) is 0. The number of halogens is 3. The van der Waals surface area contributed by atoms with E-state index in [0.29, 0.717) is 0 Å². The minimum absolute atomic E-state index is 0. The molecular formula is H3Cl3Fe2. The van der Waals surface area contributed by atoms with E-state index in [4.69, 9.17) is 0 Å². The summed E-state index contributed by atoms with van der Waals surface area (Å²) in [5.41, 5.74) is 0. The van der Waals surface area contributed by atoms with Crippen molar-refractivity contribution >= 4 is 37.2 Å². The molecule has 0 heterocycles. The zero-order valence-corrected chi connectivity index (χ0v) is 6.59. The molecule has 0 unspecified atom stereocenters. The molecule has 0 aliphatic carbocycles. The van der Waals surface area contributed by atoms with E-state index in [1.165, 1.54) is 0 Å². The van der Waals surface area contributed by atoms with Gasteiger partial charge in [0.25, 0.3) is 0 Å². The predicted molar refractivity (Wildman–Crippen MR) is 21.7 cm³/mol. The maximum absolute atomic E-state index is 0. The van der Waals surface area contributed by atoms with Gasteiger partial charge in [-0.3, -0.25) is 0 Å². The van der Waals surface area contributed by atoms with Crippen molar-refractivity contribution in [2.45, 2.75) is 0 Å². The van der Waals surface area contributed by atoms with Crippen molar-refractivity contribution in [2.24, 2.45) is 0 Å². The van der Waals surface area contributed by atoms with E-state index < -0.39 is 0 Å². The van der Waals surface area contributed by atoms with Crippen LogP contribution >= 0.6 is 37.2 Å². The molecular weight excluding hydrogens is 218 g/mol. The molecule has 0 amide bonds. The molecule has 5 heteroatoms. The van der Waals surface area contributed by atoms with E-state index in [1.807, 2.05) is 0 Å². The first-order valence-corrected chi connectivity index (χ1v) is 0. The molecule has 0 saturated carbocycles. The summed E-state index contributed by atoms with van der Waals surface area (Å²) in [7, 11) is 0. The second-order valence-corrected chi connectivity index (χ2v) is 0. The third-order valence-corrected chi connectivity index (χ3v) is 0. The Hall–Kier alpha value is 1.91. The summed E-state index contributed by atoms with van der Waals surface area (Å²) in [5.74, 6) is 0. The molecule has 0 aliphatic heterocycles. The molecule has 0 atom stereocenters. The van der Waals surface area contributed by atoms with Gasteiger partial charge in [-0.25, -0.2) is 0 Å². The Balaban J connectivity index is 0. The summed E-state index contributed by atoms with van der Waals surface area (Å²) in [6.45, 7) is 0. The van der Waals surface area contributed by atoms with Crippen LogP contribution in [0.2, 0.25) is 0 Å². The Kier molecular flexibility index (Phi) is 517. The third-order valence-electron chi connectivity index (χ3n) is 0. The third kappa shape index (κ3) is 24.8. The van der Waals surface area contributed by atoms with Crippen molar-refractivity contribution in [2.75, 3.05) is 0 Å². The molecule has 0 aromatic carbocycles. The number of hydrogen-bond acceptors (Lipinski definition) is 0. The van der Waals surface area contributed by atoms with Crippen LogP contribution in [0, 0.1) is 0 Å². The standard InChI is InChI=1S/3ClH.2Fe/h3*1H;;. The Bertz CT molecular complexity index is 4.85. The van der Waals surface area contributed by atoms with Crippen LogP contribution in [0.25, 0.3) is 0 Å². The van der Waals surface area contributed by atoms with Crippen molar-refractivity contribution in [3.63, 3.8) is 0 Å². The van der Waals surface area contributed by atoms with Crippen molar-refractivity contribution < 1.29 is 34.1 Å². The van der Waals surface area contributed by atoms with Gasteiger partial charge in [0.2, 0.25) is 0 Å². The average molecular weight is 221 g/mol. The Labute approximate surface area is 71.0 Å². The molecule has 0 fully saturated rings. The van der Waals surface area contributed by atoms with E-state index in [9.17, 15) is 0 Å². The second kappa shape index (κ2) is 39.1. The van der Waals surface area contributed by atoms with E-state index in [-0.39, 0.29) is 71.4 Å². The quantitative estimate of drug-likeness (QED) is 0.540. The van der Waals surface area contributed by atoms with Crippen molar-refractivity contribution in [3.05, 3.63) is 0 Å². The molecule has 5 heavy (non-hydrogen) atoms. The minimum Gasteiger partial charge on any atom is -0.147 e. The predicted octanol–water partition coefficient (Wildman–Crippen LogP) is 1.26. The maximum atomic E-state index is 0. The molecule has 40 valence electrons. The van der Waals surface area contributed by atoms with Gasteiger partial charge in [0.15, 0.2) is 0 Å². The Morgan fingerprint density at radius 3 is 0.400 bits per heavy atom. The summed E-state index contributed by atoms with van der Waals surface area (Å²) < 4.78 is 0. The van der Waals surface area contributed by atoms with Crippen LogP contribution in [-0.2, 0) is 34.1 Å². The number of rotatable bonds is 0. The normalized spacial score (nSPS) is 0. The van der Waals surface area contributed by atoms with Gasteiger partial charge in [-0.05, 0) is 0 Å². The molecule has 0 radical (unpaired) electrons. The van der Waals surface area contributed by atoms with Crippen LogP contribution in [0.3, 0.4) is 0 Å². The smallest absolute Gasteiger partial charge is 0 e. The van der Waals surface area contributed by atoms with Crippen LogP contribution in [0.5, 0.6) is 0 Å². The van der Waals surface area contributed by atoms with E-state index in [1.54, 1.807) is 0 Å². The average Bonchev–Trinajstić information content (AvgIpc) is 0. The van der Waals surface area contributed by atoms with Crippen molar-refractivity contribution in [3.8, 4) is 0 Å². The van der Waals surface area contributed by atoms with Crippen LogP contribution < -0.4 is 0 Å². The van der Waals surface area contributed by atoms with Gasteiger partial charge in [-0.15, -0.1) is 37.2 Å². The monoisotopic (exact) mass is 220 g/mol. The topological polar surface area (TPSA) is 0 Å². The van der Waals surface area contributed by atoms with Crippen molar-refractivity contribution in [1.29, 1.82) is 0 Å². The van der Waals surface area contributed by atoms with Gasteiger partial charge < -0.3 is 0 Å². The van der Waals surface area contributed by atoms with Gasteiger partial charge in [-0.2, -0.15) is 0 Å². The summed E-state index contributed by atoms with van der Waals surface area (Å²) >= 11 is 0. The fourth-order valence-corrected chi connectivity index (χ4v) is 0. The molecule has 0 aliphatic rings. The Morgan fingerprint density at radius 2 is 0.400 bits per heavy atom. The summed E-state index contributed by atoms with van der Waals surface area (Å²) in [4.78, 5) is 0. The molecule has 0 spiro atoms. The van der Waals surface area contributed by atoms with Gasteiger partial charge in [0.05, 0.1) is 0 Å². The summed E-state index contributed by atoms with van der Waals surface area (Å²) in [6.07, 6.45) is 0. The summed E-state index contributed by atoms with van der Waals surface area (Å²) in [6, 6.07) is 0. The molecule has 0 saturated heterocycles. The van der Waals surface area contributed by atoms with Gasteiger partial charge >= 0.3 is 0 Å². The fourth-order valence-electron chi connectivity index (χ4n) is 0. The van der Waals surface area contributed by atoms with Crippen LogP contribution in [0.4, 0.5) is 0 Å². The molecule has 0 rings (SSSR count). The summed E-state index contributed by atoms with van der Waals surface area (Å²) in [5, 5.41) is 0. The molecule has 0 N–H and O–H groups in total. The van der Waals surface area contributed by atoms with E-state index >= 15 is 0 Å². The fraction of sp³-hybridized carbons (Fsp3) is 0. The zero-order chi connectivity index (χ0) is 0. The van der Waals surface area contributed by atoms with Crippen molar-refractivity contribution in [1.82, 2.24) is 0 Å². The van der Waals surface area contributed by atoms with Gasteiger partial charge in [0, 0.05) is 34.1 Å². The number of hydrogen-bond donors (Lipinski definition) is 0. The molecule has 0 bridgehead atoms. The maximum Gasteiger partial charge on any atom is 0 e. The zero-order valence-electron chi connectivity index (χ0n) is 1.93. The van der Waals surface area contributed by atoms with Crippen LogP contribution in [0.15, 0.2) is 0 Å².